The van der Waals surface area contributed by atoms with E-state index in [4.69, 9.17) is 0 Å². The highest BCUT2D eigenvalue weighted by Crippen LogP contribution is 2.64. The van der Waals surface area contributed by atoms with Crippen LogP contribution in [-0.2, 0) is 0 Å². The molecule has 0 aromatic carbocycles. The summed E-state index contributed by atoms with van der Waals surface area (Å²) in [5.41, 5.74) is 4.29. The van der Waals surface area contributed by atoms with Gasteiger partial charge in [0.1, 0.15) is 0 Å². The first-order valence-electron chi connectivity index (χ1n) is 12.9. The van der Waals surface area contributed by atoms with Crippen LogP contribution in [0.5, 0.6) is 0 Å². The average molecular weight is 461 g/mol. The Morgan fingerprint density at radius 2 is 1.84 bits per heavy atom. The molecule has 4 aliphatic carbocycles. The molecule has 0 heterocycles. The van der Waals surface area contributed by atoms with Crippen molar-refractivity contribution in [2.45, 2.75) is 103 Å². The molecule has 0 aliphatic heterocycles. The molecule has 0 bridgehead atoms. The molecular formula is C28H44O3S. The van der Waals surface area contributed by atoms with Gasteiger partial charge in [-0.1, -0.05) is 75.5 Å². The minimum atomic E-state index is -0.467. The van der Waals surface area contributed by atoms with Crippen molar-refractivity contribution in [3.05, 3.63) is 34.9 Å². The van der Waals surface area contributed by atoms with Gasteiger partial charge in [0.25, 0.3) is 0 Å². The van der Waals surface area contributed by atoms with E-state index < -0.39 is 12.2 Å². The van der Waals surface area contributed by atoms with Gasteiger partial charge in [-0.2, -0.15) is 11.8 Å². The molecule has 4 rings (SSSR count). The normalized spacial score (nSPS) is 40.6. The molecule has 0 amide bonds. The van der Waals surface area contributed by atoms with Crippen molar-refractivity contribution in [2.24, 2.45) is 28.6 Å². The molecule has 4 heteroatoms. The molecule has 0 aromatic heterocycles. The number of allylic oxidation sites excluding steroid dienone is 4. The van der Waals surface area contributed by atoms with Gasteiger partial charge in [0.05, 0.1) is 18.3 Å². The lowest BCUT2D eigenvalue weighted by atomic mass is 9.50. The standard InChI is InChI=1S/C28H44O3S/c1-6-18(7-2)25(30)16-32-17(3)22-10-11-23-21-9-8-19-14-20(29)15-26(31)28(19,5)24(21)12-13-27(22,23)4/h8-10,17-18,20,23-26,29-31H,6-7,11-16H2,1-5H3/t17?,20?,23-,24-,25+,26?,27+,28-/m0/s1. The van der Waals surface area contributed by atoms with E-state index in [-0.39, 0.29) is 16.9 Å². The molecule has 2 saturated carbocycles. The van der Waals surface area contributed by atoms with Crippen molar-refractivity contribution in [1.29, 1.82) is 0 Å². The molecule has 3 unspecified atom stereocenters. The molecule has 32 heavy (non-hydrogen) atoms. The first-order chi connectivity index (χ1) is 15.2. The van der Waals surface area contributed by atoms with Crippen molar-refractivity contribution in [3.8, 4) is 0 Å². The second kappa shape index (κ2) is 9.24. The van der Waals surface area contributed by atoms with Crippen LogP contribution in [0.15, 0.2) is 34.9 Å². The molecule has 0 radical (unpaired) electrons. The highest BCUT2D eigenvalue weighted by atomic mass is 32.2. The van der Waals surface area contributed by atoms with E-state index in [1.165, 1.54) is 11.1 Å². The summed E-state index contributed by atoms with van der Waals surface area (Å²) in [6, 6.07) is 0. The summed E-state index contributed by atoms with van der Waals surface area (Å²) in [5.74, 6) is 2.11. The maximum absolute atomic E-state index is 11.1. The van der Waals surface area contributed by atoms with Gasteiger partial charge in [-0.15, -0.1) is 0 Å². The number of thioether (sulfide) groups is 1. The van der Waals surface area contributed by atoms with E-state index in [1.807, 2.05) is 11.8 Å². The summed E-state index contributed by atoms with van der Waals surface area (Å²) in [5, 5.41) is 32.3. The summed E-state index contributed by atoms with van der Waals surface area (Å²) in [4.78, 5) is 0. The molecule has 180 valence electrons. The summed E-state index contributed by atoms with van der Waals surface area (Å²) in [6.45, 7) is 11.4. The van der Waals surface area contributed by atoms with Crippen LogP contribution in [0, 0.1) is 28.6 Å². The van der Waals surface area contributed by atoms with Crippen LogP contribution < -0.4 is 0 Å². The Bertz CT molecular complexity index is 796. The van der Waals surface area contributed by atoms with Crippen LogP contribution in [-0.4, -0.2) is 44.6 Å². The largest absolute Gasteiger partial charge is 0.393 e. The Morgan fingerprint density at radius 3 is 2.53 bits per heavy atom. The Morgan fingerprint density at radius 1 is 1.12 bits per heavy atom. The lowest BCUT2D eigenvalue weighted by Gasteiger charge is -2.56. The fraction of sp³-hybridized carbons (Fsp3) is 0.786. The third-order valence-corrected chi connectivity index (χ3v) is 11.1. The predicted octanol–water partition coefficient (Wildman–Crippen LogP) is 5.66. The first kappa shape index (κ1) is 24.6. The number of rotatable bonds is 7. The number of aliphatic hydroxyl groups is 3. The van der Waals surface area contributed by atoms with Gasteiger partial charge < -0.3 is 15.3 Å². The van der Waals surface area contributed by atoms with Gasteiger partial charge in [0.2, 0.25) is 0 Å². The Labute approximate surface area is 199 Å². The zero-order chi connectivity index (χ0) is 23.3. The predicted molar refractivity (Wildman–Crippen MR) is 135 cm³/mol. The van der Waals surface area contributed by atoms with Crippen LogP contribution in [0.4, 0.5) is 0 Å². The molecule has 4 aliphatic rings. The molecule has 0 aromatic rings. The highest BCUT2D eigenvalue weighted by Gasteiger charge is 2.57. The fourth-order valence-electron chi connectivity index (χ4n) is 7.60. The van der Waals surface area contributed by atoms with Crippen LogP contribution >= 0.6 is 11.8 Å². The third-order valence-electron chi connectivity index (χ3n) is 9.84. The molecule has 3 N–H and O–H groups in total. The molecule has 0 spiro atoms. The number of hydrogen-bond donors (Lipinski definition) is 3. The second-order valence-electron chi connectivity index (χ2n) is 11.3. The number of fused-ring (bicyclic) bond motifs is 5. The fourth-order valence-corrected chi connectivity index (χ4v) is 8.90. The van der Waals surface area contributed by atoms with Crippen molar-refractivity contribution >= 4 is 11.8 Å². The minimum absolute atomic E-state index is 0.176. The van der Waals surface area contributed by atoms with E-state index in [1.54, 1.807) is 5.57 Å². The van der Waals surface area contributed by atoms with E-state index in [2.05, 4.69) is 52.8 Å². The van der Waals surface area contributed by atoms with Crippen LogP contribution in [0.1, 0.15) is 79.6 Å². The molecular weight excluding hydrogens is 416 g/mol. The second-order valence-corrected chi connectivity index (χ2v) is 12.7. The summed E-state index contributed by atoms with van der Waals surface area (Å²) in [7, 11) is 0. The van der Waals surface area contributed by atoms with Crippen LogP contribution in [0.3, 0.4) is 0 Å². The summed E-state index contributed by atoms with van der Waals surface area (Å²) >= 11 is 1.93. The van der Waals surface area contributed by atoms with Gasteiger partial charge in [-0.3, -0.25) is 0 Å². The van der Waals surface area contributed by atoms with Gasteiger partial charge >= 0.3 is 0 Å². The van der Waals surface area contributed by atoms with Gasteiger partial charge in [-0.05, 0) is 55.8 Å². The Hall–Kier alpha value is -0.550. The maximum atomic E-state index is 11.1. The zero-order valence-corrected chi connectivity index (χ0v) is 21.5. The Balaban J connectivity index is 1.51. The van der Waals surface area contributed by atoms with Crippen molar-refractivity contribution < 1.29 is 15.3 Å². The van der Waals surface area contributed by atoms with E-state index >= 15 is 0 Å². The molecule has 3 nitrogen and oxygen atoms in total. The quantitative estimate of drug-likeness (QED) is 0.429. The number of hydrogen-bond acceptors (Lipinski definition) is 4. The first-order valence-corrected chi connectivity index (χ1v) is 14.0. The van der Waals surface area contributed by atoms with E-state index in [0.29, 0.717) is 35.8 Å². The lowest BCUT2D eigenvalue weighted by Crippen LogP contribution is -2.52. The van der Waals surface area contributed by atoms with Crippen molar-refractivity contribution in [1.82, 2.24) is 0 Å². The average Bonchev–Trinajstić information content (AvgIpc) is 3.11. The minimum Gasteiger partial charge on any atom is -0.393 e. The van der Waals surface area contributed by atoms with Gasteiger partial charge in [0.15, 0.2) is 0 Å². The molecule has 8 atom stereocenters. The Kier molecular flexibility index (Phi) is 7.10. The smallest absolute Gasteiger partial charge is 0.0661 e. The highest BCUT2D eigenvalue weighted by molar-refractivity contribution is 8.00. The van der Waals surface area contributed by atoms with Gasteiger partial charge in [0, 0.05) is 22.8 Å². The van der Waals surface area contributed by atoms with E-state index in [9.17, 15) is 15.3 Å². The van der Waals surface area contributed by atoms with Crippen LogP contribution in [0.2, 0.25) is 0 Å². The maximum Gasteiger partial charge on any atom is 0.0661 e. The summed E-state index contributed by atoms with van der Waals surface area (Å²) in [6.07, 6.45) is 12.6. The third kappa shape index (κ3) is 3.87. The number of aliphatic hydroxyl groups excluding tert-OH is 3. The van der Waals surface area contributed by atoms with Crippen LogP contribution in [0.25, 0.3) is 0 Å². The van der Waals surface area contributed by atoms with E-state index in [0.717, 1.165) is 37.9 Å². The topological polar surface area (TPSA) is 60.7 Å². The lowest BCUT2D eigenvalue weighted by molar-refractivity contribution is -0.0489. The van der Waals surface area contributed by atoms with Gasteiger partial charge in [-0.25, -0.2) is 0 Å². The SMILES string of the molecule is CCC(CC)[C@H](O)CSC(C)C1=CC[C@H]2C3=CC=C4CC(O)CC(O)[C@]4(C)[C@H]3CC[C@]12C. The molecule has 0 saturated heterocycles. The monoisotopic (exact) mass is 460 g/mol. The van der Waals surface area contributed by atoms with Crippen molar-refractivity contribution in [2.75, 3.05) is 5.75 Å². The van der Waals surface area contributed by atoms with Crippen molar-refractivity contribution in [3.63, 3.8) is 0 Å². The molecule has 2 fully saturated rings. The zero-order valence-electron chi connectivity index (χ0n) is 20.7. The summed E-state index contributed by atoms with van der Waals surface area (Å²) < 4.78 is 0.